The molecule has 17 heavy (non-hydrogen) atoms. The second-order valence-electron chi connectivity index (χ2n) is 6.25. The Morgan fingerprint density at radius 1 is 1.41 bits per heavy atom. The van der Waals surface area contributed by atoms with Gasteiger partial charge in [-0.3, -0.25) is 10.1 Å². The summed E-state index contributed by atoms with van der Waals surface area (Å²) in [7, 11) is 0. The summed E-state index contributed by atoms with van der Waals surface area (Å²) in [5, 5.41) is 3.33. The maximum atomic E-state index is 11.9. The van der Waals surface area contributed by atoms with Crippen LogP contribution in [0.4, 0.5) is 0 Å². The van der Waals surface area contributed by atoms with Crippen molar-refractivity contribution < 1.29 is 4.79 Å². The average molecular weight is 238 g/mol. The van der Waals surface area contributed by atoms with Crippen LogP contribution in [0.25, 0.3) is 0 Å². The van der Waals surface area contributed by atoms with Gasteiger partial charge in [-0.05, 0) is 30.6 Å². The highest BCUT2D eigenvalue weighted by molar-refractivity contribution is 5.80. The van der Waals surface area contributed by atoms with Gasteiger partial charge in [-0.25, -0.2) is 0 Å². The van der Waals surface area contributed by atoms with E-state index in [1.54, 1.807) is 0 Å². The molecule has 2 rings (SSSR count). The van der Waals surface area contributed by atoms with Crippen molar-refractivity contribution in [1.82, 2.24) is 10.2 Å². The molecule has 3 atom stereocenters. The molecule has 0 aromatic rings. The molecule has 2 aliphatic rings. The monoisotopic (exact) mass is 238 g/mol. The summed E-state index contributed by atoms with van der Waals surface area (Å²) in [5.74, 6) is 2.37. The largest absolute Gasteiger partial charge is 0.326 e. The van der Waals surface area contributed by atoms with Crippen LogP contribution in [0.1, 0.15) is 46.5 Å². The van der Waals surface area contributed by atoms with Gasteiger partial charge in [-0.1, -0.05) is 33.6 Å². The van der Waals surface area contributed by atoms with Crippen molar-refractivity contribution in [3.05, 3.63) is 0 Å². The summed E-state index contributed by atoms with van der Waals surface area (Å²) in [5.41, 5.74) is 0. The number of carbonyl (C=O) groups is 1. The van der Waals surface area contributed by atoms with Crippen LogP contribution in [0.5, 0.6) is 0 Å². The molecule has 0 aromatic heterocycles. The number of carbonyl (C=O) groups excluding carboxylic acids is 1. The van der Waals surface area contributed by atoms with E-state index in [9.17, 15) is 4.79 Å². The quantitative estimate of drug-likeness (QED) is 0.817. The summed E-state index contributed by atoms with van der Waals surface area (Å²) in [6.07, 6.45) is 5.58. The first-order valence-electron chi connectivity index (χ1n) is 7.10. The van der Waals surface area contributed by atoms with E-state index < -0.39 is 0 Å². The molecule has 1 aliphatic carbocycles. The molecule has 1 saturated carbocycles. The van der Waals surface area contributed by atoms with E-state index in [0.29, 0.717) is 18.4 Å². The lowest BCUT2D eigenvalue weighted by molar-refractivity contribution is -0.129. The third-order valence-electron chi connectivity index (χ3n) is 4.25. The molecular weight excluding hydrogens is 212 g/mol. The van der Waals surface area contributed by atoms with E-state index in [1.807, 2.05) is 0 Å². The SMILES string of the molecule is CC1CCCC(CN2C(=O)CNC2C(C)C)C1. The Labute approximate surface area is 105 Å². The van der Waals surface area contributed by atoms with Crippen molar-refractivity contribution in [1.29, 1.82) is 0 Å². The maximum absolute atomic E-state index is 11.9. The van der Waals surface area contributed by atoms with Gasteiger partial charge in [-0.15, -0.1) is 0 Å². The minimum Gasteiger partial charge on any atom is -0.326 e. The predicted octanol–water partition coefficient (Wildman–Crippen LogP) is 2.23. The normalized spacial score (nSPS) is 34.7. The van der Waals surface area contributed by atoms with Gasteiger partial charge in [-0.2, -0.15) is 0 Å². The Balaban J connectivity index is 1.93. The van der Waals surface area contributed by atoms with Crippen LogP contribution in [-0.2, 0) is 4.79 Å². The van der Waals surface area contributed by atoms with Crippen LogP contribution in [0.2, 0.25) is 0 Å². The van der Waals surface area contributed by atoms with Gasteiger partial charge in [0.25, 0.3) is 0 Å². The average Bonchev–Trinajstić information content (AvgIpc) is 2.61. The molecule has 3 nitrogen and oxygen atoms in total. The van der Waals surface area contributed by atoms with Crippen molar-refractivity contribution in [3.63, 3.8) is 0 Å². The topological polar surface area (TPSA) is 32.3 Å². The van der Waals surface area contributed by atoms with Crippen molar-refractivity contribution in [2.45, 2.75) is 52.6 Å². The van der Waals surface area contributed by atoms with E-state index in [0.717, 1.165) is 18.4 Å². The zero-order valence-corrected chi connectivity index (χ0v) is 11.4. The van der Waals surface area contributed by atoms with Gasteiger partial charge >= 0.3 is 0 Å². The van der Waals surface area contributed by atoms with Crippen molar-refractivity contribution >= 4 is 5.91 Å². The maximum Gasteiger partial charge on any atom is 0.237 e. The van der Waals surface area contributed by atoms with Crippen LogP contribution in [-0.4, -0.2) is 30.1 Å². The highest BCUT2D eigenvalue weighted by Gasteiger charge is 2.34. The smallest absolute Gasteiger partial charge is 0.237 e. The molecular formula is C14H26N2O. The van der Waals surface area contributed by atoms with Crippen LogP contribution >= 0.6 is 0 Å². The summed E-state index contributed by atoms with van der Waals surface area (Å²) >= 11 is 0. The molecule has 1 saturated heterocycles. The molecule has 0 radical (unpaired) electrons. The lowest BCUT2D eigenvalue weighted by Gasteiger charge is -2.34. The first-order valence-corrected chi connectivity index (χ1v) is 7.10. The number of hydrogen-bond donors (Lipinski definition) is 1. The molecule has 0 spiro atoms. The van der Waals surface area contributed by atoms with Gasteiger partial charge in [0.1, 0.15) is 0 Å². The van der Waals surface area contributed by atoms with E-state index in [1.165, 1.54) is 25.7 Å². The van der Waals surface area contributed by atoms with Crippen molar-refractivity contribution in [3.8, 4) is 0 Å². The van der Waals surface area contributed by atoms with Crippen LogP contribution in [0, 0.1) is 17.8 Å². The Hall–Kier alpha value is -0.570. The predicted molar refractivity (Wildman–Crippen MR) is 69.5 cm³/mol. The summed E-state index contributed by atoms with van der Waals surface area (Å²) < 4.78 is 0. The van der Waals surface area contributed by atoms with Gasteiger partial charge in [0.2, 0.25) is 5.91 Å². The van der Waals surface area contributed by atoms with Crippen LogP contribution in [0.15, 0.2) is 0 Å². The highest BCUT2D eigenvalue weighted by Crippen LogP contribution is 2.30. The fraction of sp³-hybridized carbons (Fsp3) is 0.929. The zero-order valence-electron chi connectivity index (χ0n) is 11.4. The van der Waals surface area contributed by atoms with Crippen LogP contribution in [0.3, 0.4) is 0 Å². The molecule has 3 heteroatoms. The van der Waals surface area contributed by atoms with Gasteiger partial charge < -0.3 is 4.90 Å². The van der Waals surface area contributed by atoms with Crippen molar-refractivity contribution in [2.24, 2.45) is 17.8 Å². The molecule has 1 N–H and O–H groups in total. The van der Waals surface area contributed by atoms with Crippen molar-refractivity contribution in [2.75, 3.05) is 13.1 Å². The standard InChI is InChI=1S/C14H26N2O/c1-10(2)14-15-8-13(17)16(14)9-12-6-4-5-11(3)7-12/h10-12,14-15H,4-9H2,1-3H3. The molecule has 0 aromatic carbocycles. The number of nitrogens with zero attached hydrogens (tertiary/aromatic N) is 1. The van der Waals surface area contributed by atoms with Gasteiger partial charge in [0.15, 0.2) is 0 Å². The minimum absolute atomic E-state index is 0.264. The zero-order chi connectivity index (χ0) is 12.4. The molecule has 1 aliphatic heterocycles. The number of amides is 1. The number of nitrogens with one attached hydrogen (secondary N) is 1. The Kier molecular flexibility index (Phi) is 4.08. The second-order valence-corrected chi connectivity index (χ2v) is 6.25. The second kappa shape index (κ2) is 5.38. The van der Waals surface area contributed by atoms with Crippen LogP contribution < -0.4 is 5.32 Å². The molecule has 1 heterocycles. The molecule has 0 bridgehead atoms. The lowest BCUT2D eigenvalue weighted by atomic mass is 9.82. The lowest BCUT2D eigenvalue weighted by Crippen LogP contribution is -2.44. The third kappa shape index (κ3) is 3.01. The fourth-order valence-corrected chi connectivity index (χ4v) is 3.37. The van der Waals surface area contributed by atoms with Gasteiger partial charge in [0, 0.05) is 6.54 Å². The van der Waals surface area contributed by atoms with E-state index in [2.05, 4.69) is 31.0 Å². The summed E-state index contributed by atoms with van der Waals surface area (Å²) in [6.45, 7) is 8.22. The Morgan fingerprint density at radius 2 is 2.18 bits per heavy atom. The molecule has 2 fully saturated rings. The third-order valence-corrected chi connectivity index (χ3v) is 4.25. The molecule has 3 unspecified atom stereocenters. The Bertz CT molecular complexity index is 277. The number of hydrogen-bond acceptors (Lipinski definition) is 2. The van der Waals surface area contributed by atoms with Gasteiger partial charge in [0.05, 0.1) is 12.7 Å². The summed E-state index contributed by atoms with van der Waals surface area (Å²) in [6, 6.07) is 0. The first kappa shape index (κ1) is 12.9. The van der Waals surface area contributed by atoms with E-state index in [-0.39, 0.29) is 6.17 Å². The van der Waals surface area contributed by atoms with E-state index >= 15 is 0 Å². The fourth-order valence-electron chi connectivity index (χ4n) is 3.37. The minimum atomic E-state index is 0.264. The molecule has 98 valence electrons. The Morgan fingerprint density at radius 3 is 2.82 bits per heavy atom. The van der Waals surface area contributed by atoms with E-state index in [4.69, 9.17) is 0 Å². The first-order chi connectivity index (χ1) is 8.08. The summed E-state index contributed by atoms with van der Waals surface area (Å²) in [4.78, 5) is 14.0. The molecule has 1 amide bonds. The highest BCUT2D eigenvalue weighted by atomic mass is 16.2. The number of rotatable bonds is 3.